The lowest BCUT2D eigenvalue weighted by Crippen LogP contribution is -2.55. The third-order valence-corrected chi connectivity index (χ3v) is 9.04. The average molecular weight is 391 g/mol. The number of hydrogen-bond acceptors (Lipinski definition) is 3. The molecule has 4 aliphatic carbocycles. The molecule has 0 aromatic heterocycles. The Kier molecular flexibility index (Phi) is 4.62. The molecule has 0 saturated heterocycles. The molecule has 6 heteroatoms. The maximum Gasteiger partial charge on any atom is 0.251 e. The Morgan fingerprint density at radius 1 is 1.11 bits per heavy atom. The van der Waals surface area contributed by atoms with Gasteiger partial charge in [-0.1, -0.05) is 6.07 Å². The van der Waals surface area contributed by atoms with E-state index in [1.54, 1.807) is 12.1 Å². The van der Waals surface area contributed by atoms with E-state index in [1.807, 2.05) is 0 Å². The van der Waals surface area contributed by atoms with Gasteiger partial charge in [-0.15, -0.1) is 0 Å². The lowest BCUT2D eigenvalue weighted by molar-refractivity contribution is -0.0688. The number of carbonyl (C=O) groups is 1. The predicted molar refractivity (Wildman–Crippen MR) is 105 cm³/mol. The monoisotopic (exact) mass is 390 g/mol. The van der Waals surface area contributed by atoms with Crippen molar-refractivity contribution in [3.8, 4) is 0 Å². The van der Waals surface area contributed by atoms with Gasteiger partial charge < -0.3 is 5.32 Å². The van der Waals surface area contributed by atoms with E-state index in [0.717, 1.165) is 17.8 Å². The molecular weight excluding hydrogens is 360 g/mol. The largest absolute Gasteiger partial charge is 0.349 e. The molecule has 4 saturated carbocycles. The number of benzene rings is 1. The smallest absolute Gasteiger partial charge is 0.251 e. The Balaban J connectivity index is 1.51. The molecule has 5 nitrogen and oxygen atoms in total. The normalized spacial score (nSPS) is 33.3. The predicted octanol–water partition coefficient (Wildman–Crippen LogP) is 3.27. The lowest BCUT2D eigenvalue weighted by atomic mass is 9.48. The fourth-order valence-corrected chi connectivity index (χ4v) is 7.10. The van der Waals surface area contributed by atoms with Gasteiger partial charge >= 0.3 is 0 Å². The van der Waals surface area contributed by atoms with E-state index < -0.39 is 10.0 Å². The molecule has 0 radical (unpaired) electrons. The van der Waals surface area contributed by atoms with E-state index in [1.165, 1.54) is 69.1 Å². The van der Waals surface area contributed by atoms with Crippen LogP contribution in [-0.4, -0.2) is 38.8 Å². The Morgan fingerprint density at radius 3 is 2.19 bits per heavy atom. The number of rotatable bonds is 5. The molecular formula is C21H30N2O3S. The second-order valence-corrected chi connectivity index (χ2v) is 11.4. The summed E-state index contributed by atoms with van der Waals surface area (Å²) < 4.78 is 25.9. The molecule has 27 heavy (non-hydrogen) atoms. The number of carbonyl (C=O) groups excluding carboxylic acids is 1. The van der Waals surface area contributed by atoms with E-state index in [9.17, 15) is 13.2 Å². The third-order valence-electron chi connectivity index (χ3n) is 7.23. The first-order chi connectivity index (χ1) is 12.7. The van der Waals surface area contributed by atoms with Crippen molar-refractivity contribution in [2.45, 2.75) is 56.4 Å². The van der Waals surface area contributed by atoms with Crippen LogP contribution in [0.3, 0.4) is 0 Å². The van der Waals surface area contributed by atoms with Gasteiger partial charge in [-0.2, -0.15) is 0 Å². The molecule has 5 rings (SSSR count). The van der Waals surface area contributed by atoms with Crippen molar-refractivity contribution in [1.29, 1.82) is 0 Å². The molecule has 1 atom stereocenters. The number of sulfonamides is 1. The van der Waals surface area contributed by atoms with E-state index in [2.05, 4.69) is 12.2 Å². The highest BCUT2D eigenvalue weighted by atomic mass is 32.2. The summed E-state index contributed by atoms with van der Waals surface area (Å²) in [7, 11) is -0.550. The van der Waals surface area contributed by atoms with E-state index in [-0.39, 0.29) is 22.3 Å². The first-order valence-electron chi connectivity index (χ1n) is 10.0. The Morgan fingerprint density at radius 2 is 1.67 bits per heavy atom. The molecule has 4 bridgehead atoms. The minimum Gasteiger partial charge on any atom is -0.349 e. The Hall–Kier alpha value is -1.40. The third kappa shape index (κ3) is 3.31. The standard InChI is InChI=1S/C21H30N2O3S/c1-14(21-11-15-7-16(12-21)9-17(8-15)13-21)22-20(24)18-5-4-6-19(10-18)27(25,26)23(2)3/h4-6,10,14-17H,7-9,11-13H2,1-3H3,(H,22,24)/t14-,15?,16?,17?,21?/m1/s1. The molecule has 148 valence electrons. The molecule has 1 aromatic rings. The molecule has 1 aromatic carbocycles. The minimum absolute atomic E-state index is 0.118. The van der Waals surface area contributed by atoms with Crippen LogP contribution in [0.1, 0.15) is 55.8 Å². The maximum atomic E-state index is 12.9. The van der Waals surface area contributed by atoms with Crippen molar-refractivity contribution in [1.82, 2.24) is 9.62 Å². The van der Waals surface area contributed by atoms with Crippen LogP contribution in [0.5, 0.6) is 0 Å². The Labute approximate surface area is 162 Å². The summed E-state index contributed by atoms with van der Waals surface area (Å²) in [6.45, 7) is 2.14. The van der Waals surface area contributed by atoms with Gasteiger partial charge in [0.2, 0.25) is 10.0 Å². The maximum absolute atomic E-state index is 12.9. The zero-order valence-corrected chi connectivity index (χ0v) is 17.3. The summed E-state index contributed by atoms with van der Waals surface area (Å²) in [4.78, 5) is 13.0. The lowest BCUT2D eigenvalue weighted by Gasteiger charge is -2.59. The van der Waals surface area contributed by atoms with Crippen LogP contribution in [0.2, 0.25) is 0 Å². The summed E-state index contributed by atoms with van der Waals surface area (Å²) in [5.41, 5.74) is 0.645. The van der Waals surface area contributed by atoms with Crippen LogP contribution in [0, 0.1) is 23.2 Å². The molecule has 0 unspecified atom stereocenters. The first kappa shape index (κ1) is 18.9. The molecule has 1 N–H and O–H groups in total. The van der Waals surface area contributed by atoms with Crippen molar-refractivity contribution >= 4 is 15.9 Å². The molecule has 4 fully saturated rings. The van der Waals surface area contributed by atoms with Gasteiger partial charge in [0.1, 0.15) is 0 Å². The van der Waals surface area contributed by atoms with E-state index >= 15 is 0 Å². The summed E-state index contributed by atoms with van der Waals surface area (Å²) in [6.07, 6.45) is 7.83. The van der Waals surface area contributed by atoms with Crippen LogP contribution in [0.4, 0.5) is 0 Å². The quantitative estimate of drug-likeness (QED) is 0.839. The van der Waals surface area contributed by atoms with Gasteiger partial charge in [0.05, 0.1) is 4.90 Å². The Bertz CT molecular complexity index is 811. The van der Waals surface area contributed by atoms with E-state index in [4.69, 9.17) is 0 Å². The molecule has 0 aliphatic heterocycles. The zero-order chi connectivity index (χ0) is 19.4. The zero-order valence-electron chi connectivity index (χ0n) is 16.4. The van der Waals surface area contributed by atoms with Crippen molar-refractivity contribution < 1.29 is 13.2 Å². The highest BCUT2D eigenvalue weighted by Crippen LogP contribution is 2.61. The summed E-state index contributed by atoms with van der Waals surface area (Å²) in [5.74, 6) is 2.34. The molecule has 4 aliphatic rings. The highest BCUT2D eigenvalue weighted by molar-refractivity contribution is 7.89. The van der Waals surface area contributed by atoms with Gasteiger partial charge in [-0.3, -0.25) is 4.79 Å². The van der Waals surface area contributed by atoms with Gasteiger partial charge in [-0.25, -0.2) is 12.7 Å². The summed E-state index contributed by atoms with van der Waals surface area (Å²) in [6, 6.07) is 6.47. The van der Waals surface area contributed by atoms with Gasteiger partial charge in [-0.05, 0) is 86.8 Å². The van der Waals surface area contributed by atoms with Gasteiger partial charge in [0, 0.05) is 25.7 Å². The molecule has 0 heterocycles. The summed E-state index contributed by atoms with van der Waals surface area (Å²) in [5, 5.41) is 3.21. The molecule has 1 amide bonds. The van der Waals surface area contributed by atoms with Crippen LogP contribution in [0.15, 0.2) is 29.2 Å². The van der Waals surface area contributed by atoms with E-state index in [0.29, 0.717) is 5.56 Å². The molecule has 0 spiro atoms. The van der Waals surface area contributed by atoms with Crippen molar-refractivity contribution in [2.24, 2.45) is 23.2 Å². The first-order valence-corrected chi connectivity index (χ1v) is 11.5. The number of nitrogens with one attached hydrogen (secondary N) is 1. The highest BCUT2D eigenvalue weighted by Gasteiger charge is 2.53. The number of amides is 1. The van der Waals surface area contributed by atoms with Crippen LogP contribution < -0.4 is 5.32 Å². The SMILES string of the molecule is C[C@@H](NC(=O)c1cccc(S(=O)(=O)N(C)C)c1)C12CC3CC(CC(C3)C1)C2. The topological polar surface area (TPSA) is 66.5 Å². The fraction of sp³-hybridized carbons (Fsp3) is 0.667. The number of hydrogen-bond donors (Lipinski definition) is 1. The van der Waals surface area contributed by atoms with Crippen molar-refractivity contribution in [3.63, 3.8) is 0 Å². The summed E-state index contributed by atoms with van der Waals surface area (Å²) >= 11 is 0. The van der Waals surface area contributed by atoms with Crippen LogP contribution in [0.25, 0.3) is 0 Å². The van der Waals surface area contributed by atoms with Crippen LogP contribution in [-0.2, 0) is 10.0 Å². The average Bonchev–Trinajstić information content (AvgIpc) is 2.60. The van der Waals surface area contributed by atoms with Crippen LogP contribution >= 0.6 is 0 Å². The minimum atomic E-state index is -3.54. The van der Waals surface area contributed by atoms with Crippen molar-refractivity contribution in [3.05, 3.63) is 29.8 Å². The second-order valence-electron chi connectivity index (χ2n) is 9.29. The van der Waals surface area contributed by atoms with Crippen molar-refractivity contribution in [2.75, 3.05) is 14.1 Å². The number of nitrogens with zero attached hydrogens (tertiary/aromatic N) is 1. The second kappa shape index (κ2) is 6.59. The van der Waals surface area contributed by atoms with Gasteiger partial charge in [0.15, 0.2) is 0 Å². The van der Waals surface area contributed by atoms with Gasteiger partial charge in [0.25, 0.3) is 5.91 Å². The fourth-order valence-electron chi connectivity index (χ4n) is 6.15.